The van der Waals surface area contributed by atoms with E-state index in [9.17, 15) is 4.79 Å². The Morgan fingerprint density at radius 2 is 1.74 bits per heavy atom. The molecule has 3 aromatic rings. The van der Waals surface area contributed by atoms with Gasteiger partial charge in [-0.15, -0.1) is 11.8 Å². The minimum Gasteiger partial charge on any atom is -0.446 e. The third-order valence-corrected chi connectivity index (χ3v) is 10.9. The smallest absolute Gasteiger partial charge is 0.408 e. The molecule has 2 aromatic carbocycles. The quantitative estimate of drug-likeness (QED) is 0.356. The molecule has 4 saturated carbocycles. The van der Waals surface area contributed by atoms with Gasteiger partial charge in [0.2, 0.25) is 0 Å². The molecule has 4 bridgehead atoms. The van der Waals surface area contributed by atoms with Gasteiger partial charge in [-0.05, 0) is 86.3 Å². The van der Waals surface area contributed by atoms with Gasteiger partial charge in [-0.25, -0.2) is 4.79 Å². The van der Waals surface area contributed by atoms with E-state index in [0.29, 0.717) is 18.3 Å². The number of alkyl carbamates (subject to hydrolysis) is 1. The van der Waals surface area contributed by atoms with Gasteiger partial charge in [-0.1, -0.05) is 48.5 Å². The van der Waals surface area contributed by atoms with Gasteiger partial charge < -0.3 is 15.0 Å². The zero-order valence-corrected chi connectivity index (χ0v) is 22.9. The SMILES string of the molecule is C[C@](Cc1c[nH]c2ccccc12)(NC(=O)OC1C2CC3CC(C2)CC1C3)C1=N[C@@H](Cc2ccccc2)CS1. The third-order valence-electron chi connectivity index (χ3n) is 9.48. The molecule has 2 atom stereocenters. The van der Waals surface area contributed by atoms with Crippen LogP contribution in [0.25, 0.3) is 10.9 Å². The van der Waals surface area contributed by atoms with Gasteiger partial charge in [0.25, 0.3) is 0 Å². The van der Waals surface area contributed by atoms with Crippen LogP contribution in [0.15, 0.2) is 65.8 Å². The fourth-order valence-electron chi connectivity index (χ4n) is 7.99. The number of benzene rings is 2. The Labute approximate surface area is 229 Å². The zero-order chi connectivity index (χ0) is 25.7. The Balaban J connectivity index is 1.13. The first-order chi connectivity index (χ1) is 18.5. The second kappa shape index (κ2) is 9.78. The van der Waals surface area contributed by atoms with Gasteiger partial charge in [0.1, 0.15) is 6.10 Å². The number of carbonyl (C=O) groups excluding carboxylic acids is 1. The monoisotopic (exact) mass is 527 g/mol. The van der Waals surface area contributed by atoms with Gasteiger partial charge >= 0.3 is 6.09 Å². The molecular weight excluding hydrogens is 490 g/mol. The fourth-order valence-corrected chi connectivity index (χ4v) is 9.19. The fraction of sp³-hybridized carbons (Fsp3) is 0.500. The molecule has 5 aliphatic rings. The van der Waals surface area contributed by atoms with Crippen LogP contribution >= 0.6 is 11.8 Å². The number of thioether (sulfide) groups is 1. The van der Waals surface area contributed by atoms with Crippen molar-refractivity contribution in [2.45, 2.75) is 69.6 Å². The lowest BCUT2D eigenvalue weighted by Gasteiger charge is -2.53. The minimum atomic E-state index is -0.635. The number of aromatic amines is 1. The van der Waals surface area contributed by atoms with E-state index in [-0.39, 0.29) is 18.2 Å². The molecule has 1 amide bonds. The second-order valence-corrected chi connectivity index (χ2v) is 13.4. The Hall–Kier alpha value is -2.73. The molecule has 198 valence electrons. The highest BCUT2D eigenvalue weighted by Gasteiger charge is 2.50. The highest BCUT2D eigenvalue weighted by molar-refractivity contribution is 8.14. The van der Waals surface area contributed by atoms with Crippen LogP contribution in [0.4, 0.5) is 4.79 Å². The van der Waals surface area contributed by atoms with E-state index in [1.54, 1.807) is 11.8 Å². The summed E-state index contributed by atoms with van der Waals surface area (Å²) in [6, 6.07) is 19.2. The molecule has 2 N–H and O–H groups in total. The van der Waals surface area contributed by atoms with Crippen molar-refractivity contribution in [1.29, 1.82) is 0 Å². The number of hydrogen-bond acceptors (Lipinski definition) is 4. The van der Waals surface area contributed by atoms with Crippen LogP contribution in [0.2, 0.25) is 0 Å². The molecule has 4 aliphatic carbocycles. The molecule has 4 fully saturated rings. The van der Waals surface area contributed by atoms with Gasteiger partial charge in [0, 0.05) is 29.3 Å². The number of aliphatic imine (C=N–C) groups is 1. The number of carbonyl (C=O) groups is 1. The Bertz CT molecular complexity index is 1320. The molecule has 5 nitrogen and oxygen atoms in total. The number of amides is 1. The number of para-hydroxylation sites is 1. The van der Waals surface area contributed by atoms with E-state index in [2.05, 4.69) is 72.0 Å². The van der Waals surface area contributed by atoms with Crippen LogP contribution in [0, 0.1) is 23.7 Å². The van der Waals surface area contributed by atoms with Crippen LogP contribution in [-0.4, -0.2) is 39.6 Å². The van der Waals surface area contributed by atoms with Gasteiger partial charge in [0.05, 0.1) is 16.6 Å². The number of H-pyrrole nitrogens is 1. The predicted octanol–water partition coefficient (Wildman–Crippen LogP) is 6.78. The van der Waals surface area contributed by atoms with Crippen molar-refractivity contribution in [1.82, 2.24) is 10.3 Å². The molecule has 0 radical (unpaired) electrons. The molecule has 0 spiro atoms. The lowest BCUT2D eigenvalue weighted by atomic mass is 9.55. The number of aromatic nitrogens is 1. The first kappa shape index (κ1) is 24.3. The summed E-state index contributed by atoms with van der Waals surface area (Å²) < 4.78 is 6.29. The van der Waals surface area contributed by atoms with Crippen molar-refractivity contribution in [3.8, 4) is 0 Å². The maximum Gasteiger partial charge on any atom is 0.408 e. The number of nitrogens with one attached hydrogen (secondary N) is 2. The molecular formula is C32H37N3O2S. The average Bonchev–Trinajstić information content (AvgIpc) is 3.54. The van der Waals surface area contributed by atoms with Gasteiger partial charge in [0.15, 0.2) is 0 Å². The van der Waals surface area contributed by atoms with Crippen LogP contribution in [0.1, 0.15) is 50.2 Å². The van der Waals surface area contributed by atoms with Crippen molar-refractivity contribution in [3.05, 3.63) is 71.9 Å². The highest BCUT2D eigenvalue weighted by atomic mass is 32.2. The summed E-state index contributed by atoms with van der Waals surface area (Å²) in [6.45, 7) is 2.13. The minimum absolute atomic E-state index is 0.0733. The van der Waals surface area contributed by atoms with E-state index < -0.39 is 5.54 Å². The van der Waals surface area contributed by atoms with Crippen molar-refractivity contribution in [2.24, 2.45) is 28.7 Å². The van der Waals surface area contributed by atoms with Crippen LogP contribution in [-0.2, 0) is 17.6 Å². The molecule has 6 heteroatoms. The van der Waals surface area contributed by atoms with Crippen LogP contribution < -0.4 is 5.32 Å². The van der Waals surface area contributed by atoms with Crippen molar-refractivity contribution in [3.63, 3.8) is 0 Å². The maximum atomic E-state index is 13.6. The van der Waals surface area contributed by atoms with Crippen LogP contribution in [0.3, 0.4) is 0 Å². The number of fused-ring (bicyclic) bond motifs is 1. The molecule has 1 aromatic heterocycles. The summed E-state index contributed by atoms with van der Waals surface area (Å²) >= 11 is 1.78. The van der Waals surface area contributed by atoms with Crippen molar-refractivity contribution in [2.75, 3.05) is 5.75 Å². The normalized spacial score (nSPS) is 31.2. The molecule has 2 heterocycles. The van der Waals surface area contributed by atoms with Gasteiger partial charge in [-0.2, -0.15) is 0 Å². The summed E-state index contributed by atoms with van der Waals surface area (Å²) in [6.07, 6.45) is 9.80. The number of hydrogen-bond donors (Lipinski definition) is 2. The number of ether oxygens (including phenoxy) is 1. The summed E-state index contributed by atoms with van der Waals surface area (Å²) in [4.78, 5) is 22.2. The maximum absolute atomic E-state index is 13.6. The summed E-state index contributed by atoms with van der Waals surface area (Å²) in [5, 5.41) is 5.55. The standard InChI is InChI=1S/C32H37N3O2S/c1-32(17-25-18-33-28-10-6-5-9-27(25)28,30-34-26(19-38-30)16-20-7-3-2-4-8-20)35-31(36)37-29-23-12-21-11-22(14-23)15-24(29)13-21/h2-10,18,21-24,26,29,33H,11-17,19H2,1H3,(H,35,36)/t21?,22?,23?,24?,26-,29?,32+/m0/s1. The van der Waals surface area contributed by atoms with Crippen molar-refractivity contribution < 1.29 is 9.53 Å². The Morgan fingerprint density at radius 1 is 1.03 bits per heavy atom. The van der Waals surface area contributed by atoms with E-state index in [1.165, 1.54) is 48.6 Å². The highest BCUT2D eigenvalue weighted by Crippen LogP contribution is 2.54. The Morgan fingerprint density at radius 3 is 2.50 bits per heavy atom. The first-order valence-electron chi connectivity index (χ1n) is 14.3. The average molecular weight is 528 g/mol. The molecule has 1 aliphatic heterocycles. The second-order valence-electron chi connectivity index (χ2n) is 12.4. The number of rotatable bonds is 7. The van der Waals surface area contributed by atoms with E-state index in [0.717, 1.165) is 34.6 Å². The summed E-state index contributed by atoms with van der Waals surface area (Å²) in [5.74, 6) is 3.74. The van der Waals surface area contributed by atoms with E-state index in [4.69, 9.17) is 9.73 Å². The lowest BCUT2D eigenvalue weighted by molar-refractivity contribution is -0.0967. The molecule has 0 unspecified atom stereocenters. The third kappa shape index (κ3) is 4.66. The molecule has 38 heavy (non-hydrogen) atoms. The summed E-state index contributed by atoms with van der Waals surface area (Å²) in [7, 11) is 0. The van der Waals surface area contributed by atoms with Crippen LogP contribution in [0.5, 0.6) is 0 Å². The van der Waals surface area contributed by atoms with E-state index in [1.807, 2.05) is 6.07 Å². The summed E-state index contributed by atoms with van der Waals surface area (Å²) in [5.41, 5.74) is 2.97. The number of nitrogens with zero attached hydrogens (tertiary/aromatic N) is 1. The largest absolute Gasteiger partial charge is 0.446 e. The zero-order valence-electron chi connectivity index (χ0n) is 22.1. The predicted molar refractivity (Wildman–Crippen MR) is 155 cm³/mol. The van der Waals surface area contributed by atoms with Crippen molar-refractivity contribution >= 4 is 33.8 Å². The lowest BCUT2D eigenvalue weighted by Crippen LogP contribution is -2.56. The topological polar surface area (TPSA) is 66.5 Å². The first-order valence-corrected chi connectivity index (χ1v) is 15.3. The molecule has 0 saturated heterocycles. The Kier molecular flexibility index (Phi) is 6.26. The van der Waals surface area contributed by atoms with Gasteiger partial charge in [-0.3, -0.25) is 4.99 Å². The van der Waals surface area contributed by atoms with E-state index >= 15 is 0 Å². The molecule has 8 rings (SSSR count).